The Hall–Kier alpha value is -1.93. The molecule has 0 atom stereocenters. The summed E-state index contributed by atoms with van der Waals surface area (Å²) < 4.78 is 4.73. The van der Waals surface area contributed by atoms with E-state index in [0.29, 0.717) is 17.1 Å². The van der Waals surface area contributed by atoms with E-state index in [1.807, 2.05) is 24.3 Å². The summed E-state index contributed by atoms with van der Waals surface area (Å²) in [6.45, 7) is 4.66. The third kappa shape index (κ3) is 5.52. The Morgan fingerprint density at radius 2 is 1.78 bits per heavy atom. The Kier molecular flexibility index (Phi) is 6.84. The van der Waals surface area contributed by atoms with Gasteiger partial charge in [0.2, 0.25) is 5.91 Å². The van der Waals surface area contributed by atoms with Crippen LogP contribution in [0.25, 0.3) is 0 Å². The predicted molar refractivity (Wildman–Crippen MR) is 107 cm³/mol. The van der Waals surface area contributed by atoms with Crippen molar-refractivity contribution in [1.82, 2.24) is 9.80 Å². The number of amides is 1. The van der Waals surface area contributed by atoms with E-state index in [-0.39, 0.29) is 5.91 Å². The van der Waals surface area contributed by atoms with Crippen molar-refractivity contribution < 1.29 is 14.3 Å². The number of nitrogens with one attached hydrogen (secondary N) is 1. The van der Waals surface area contributed by atoms with E-state index >= 15 is 0 Å². The molecule has 0 radical (unpaired) electrons. The maximum atomic E-state index is 12.3. The van der Waals surface area contributed by atoms with Crippen LogP contribution in [0.3, 0.4) is 0 Å². The minimum absolute atomic E-state index is 0.117. The highest BCUT2D eigenvalue weighted by atomic mass is 35.5. The monoisotopic (exact) mass is 407 g/mol. The molecule has 6 nitrogen and oxygen atoms in total. The van der Waals surface area contributed by atoms with E-state index in [1.165, 1.54) is 24.0 Å². The number of hydrogen-bond acceptors (Lipinski definition) is 6. The topological polar surface area (TPSA) is 61.9 Å². The zero-order valence-corrected chi connectivity index (χ0v) is 16.7. The van der Waals surface area contributed by atoms with Gasteiger partial charge in [-0.25, -0.2) is 4.79 Å². The molecule has 0 saturated carbocycles. The van der Waals surface area contributed by atoms with Crippen molar-refractivity contribution in [1.29, 1.82) is 0 Å². The van der Waals surface area contributed by atoms with Crippen LogP contribution in [0, 0.1) is 0 Å². The summed E-state index contributed by atoms with van der Waals surface area (Å²) in [7, 11) is 1.33. The smallest absolute Gasteiger partial charge is 0.340 e. The second-order valence-electron chi connectivity index (χ2n) is 6.38. The first-order valence-corrected chi connectivity index (χ1v) is 9.95. The molecular weight excluding hydrogens is 386 g/mol. The number of carbonyl (C=O) groups is 2. The minimum atomic E-state index is -0.442. The number of thiophene rings is 1. The molecule has 0 unspecified atom stereocenters. The molecule has 1 aromatic heterocycles. The lowest BCUT2D eigenvalue weighted by atomic mass is 10.2. The highest BCUT2D eigenvalue weighted by molar-refractivity contribution is 7.14. The number of nitrogens with zero attached hydrogens (tertiary/aromatic N) is 2. The van der Waals surface area contributed by atoms with Crippen LogP contribution in [-0.2, 0) is 16.1 Å². The zero-order valence-electron chi connectivity index (χ0n) is 15.1. The highest BCUT2D eigenvalue weighted by Crippen LogP contribution is 2.24. The summed E-state index contributed by atoms with van der Waals surface area (Å²) in [5, 5.41) is 5.86. The van der Waals surface area contributed by atoms with Crippen molar-refractivity contribution >= 4 is 39.8 Å². The van der Waals surface area contributed by atoms with Gasteiger partial charge in [0.15, 0.2) is 0 Å². The molecule has 1 fully saturated rings. The molecule has 8 heteroatoms. The van der Waals surface area contributed by atoms with Gasteiger partial charge in [-0.3, -0.25) is 14.6 Å². The van der Waals surface area contributed by atoms with Crippen molar-refractivity contribution in [2.24, 2.45) is 0 Å². The maximum Gasteiger partial charge on any atom is 0.340 e. The summed E-state index contributed by atoms with van der Waals surface area (Å²) in [5.41, 5.74) is 1.63. The summed E-state index contributed by atoms with van der Waals surface area (Å²) in [4.78, 5) is 28.5. The van der Waals surface area contributed by atoms with E-state index in [1.54, 1.807) is 11.4 Å². The zero-order chi connectivity index (χ0) is 19.2. The molecule has 1 aliphatic heterocycles. The molecule has 1 N–H and O–H groups in total. The molecule has 3 rings (SSSR count). The molecule has 2 aromatic rings. The first kappa shape index (κ1) is 19.8. The van der Waals surface area contributed by atoms with Crippen LogP contribution < -0.4 is 5.32 Å². The number of methoxy groups -OCH3 is 1. The van der Waals surface area contributed by atoms with Crippen molar-refractivity contribution in [3.8, 4) is 0 Å². The van der Waals surface area contributed by atoms with Gasteiger partial charge >= 0.3 is 5.97 Å². The van der Waals surface area contributed by atoms with E-state index in [4.69, 9.17) is 16.3 Å². The summed E-state index contributed by atoms with van der Waals surface area (Å²) in [5.74, 6) is -0.559. The first-order valence-electron chi connectivity index (χ1n) is 8.70. The second-order valence-corrected chi connectivity index (χ2v) is 7.73. The van der Waals surface area contributed by atoms with Gasteiger partial charge in [-0.2, -0.15) is 0 Å². The Morgan fingerprint density at radius 3 is 2.44 bits per heavy atom. The van der Waals surface area contributed by atoms with Gasteiger partial charge in [-0.15, -0.1) is 11.3 Å². The van der Waals surface area contributed by atoms with Gasteiger partial charge in [0.25, 0.3) is 0 Å². The molecule has 1 aromatic carbocycles. The molecule has 0 bridgehead atoms. The number of anilines is 1. The third-order valence-electron chi connectivity index (χ3n) is 4.48. The van der Waals surface area contributed by atoms with Crippen LogP contribution in [0.15, 0.2) is 35.7 Å². The molecule has 1 aliphatic rings. The standard InChI is InChI=1S/C19H22ClN3O3S/c1-26-19(25)16-6-11-27-18(16)21-17(24)13-23-9-7-22(8-10-23)12-14-2-4-15(20)5-3-14/h2-6,11H,7-10,12-13H2,1H3,(H,21,24). The average molecular weight is 408 g/mol. The number of piperazine rings is 1. The Balaban J connectivity index is 1.45. The Morgan fingerprint density at radius 1 is 1.11 bits per heavy atom. The molecule has 0 spiro atoms. The first-order chi connectivity index (χ1) is 13.0. The number of benzene rings is 1. The molecule has 1 amide bonds. The predicted octanol–water partition coefficient (Wildman–Crippen LogP) is 2.94. The van der Waals surface area contributed by atoms with Gasteiger partial charge < -0.3 is 10.1 Å². The number of halogens is 1. The van der Waals surface area contributed by atoms with Crippen molar-refractivity contribution in [3.05, 3.63) is 51.9 Å². The largest absolute Gasteiger partial charge is 0.465 e. The molecule has 27 heavy (non-hydrogen) atoms. The molecule has 144 valence electrons. The fourth-order valence-corrected chi connectivity index (χ4v) is 3.92. The van der Waals surface area contributed by atoms with Crippen LogP contribution in [0.2, 0.25) is 5.02 Å². The molecular formula is C19H22ClN3O3S. The van der Waals surface area contributed by atoms with Gasteiger partial charge in [-0.1, -0.05) is 23.7 Å². The van der Waals surface area contributed by atoms with Gasteiger partial charge in [0, 0.05) is 37.7 Å². The average Bonchev–Trinajstić information content (AvgIpc) is 3.12. The molecule has 1 saturated heterocycles. The summed E-state index contributed by atoms with van der Waals surface area (Å²) >= 11 is 7.24. The van der Waals surface area contributed by atoms with Crippen LogP contribution in [0.5, 0.6) is 0 Å². The van der Waals surface area contributed by atoms with Crippen molar-refractivity contribution in [2.45, 2.75) is 6.54 Å². The van der Waals surface area contributed by atoms with Gasteiger partial charge in [0.1, 0.15) is 5.00 Å². The quantitative estimate of drug-likeness (QED) is 0.746. The number of rotatable bonds is 6. The Bertz CT molecular complexity index is 786. The molecule has 2 heterocycles. The van der Waals surface area contributed by atoms with E-state index < -0.39 is 5.97 Å². The van der Waals surface area contributed by atoms with Crippen LogP contribution in [-0.4, -0.2) is 61.5 Å². The van der Waals surface area contributed by atoms with Crippen molar-refractivity contribution in [3.63, 3.8) is 0 Å². The lowest BCUT2D eigenvalue weighted by molar-refractivity contribution is -0.117. The van der Waals surface area contributed by atoms with Gasteiger partial charge in [-0.05, 0) is 29.1 Å². The lowest BCUT2D eigenvalue weighted by Crippen LogP contribution is -2.48. The van der Waals surface area contributed by atoms with Gasteiger partial charge in [0.05, 0.1) is 19.2 Å². The number of hydrogen-bond donors (Lipinski definition) is 1. The molecule has 0 aliphatic carbocycles. The Labute approximate surface area is 167 Å². The fraction of sp³-hybridized carbons (Fsp3) is 0.368. The normalized spacial score (nSPS) is 15.5. The fourth-order valence-electron chi connectivity index (χ4n) is 3.00. The minimum Gasteiger partial charge on any atom is -0.465 e. The highest BCUT2D eigenvalue weighted by Gasteiger charge is 2.21. The summed E-state index contributed by atoms with van der Waals surface area (Å²) in [6.07, 6.45) is 0. The second kappa shape index (κ2) is 9.32. The van der Waals surface area contributed by atoms with Crippen LogP contribution in [0.4, 0.5) is 5.00 Å². The van der Waals surface area contributed by atoms with E-state index in [2.05, 4.69) is 15.1 Å². The number of ether oxygens (including phenoxy) is 1. The lowest BCUT2D eigenvalue weighted by Gasteiger charge is -2.34. The third-order valence-corrected chi connectivity index (χ3v) is 5.56. The van der Waals surface area contributed by atoms with Crippen LogP contribution in [0.1, 0.15) is 15.9 Å². The van der Waals surface area contributed by atoms with Crippen molar-refractivity contribution in [2.75, 3.05) is 45.2 Å². The van der Waals surface area contributed by atoms with E-state index in [9.17, 15) is 9.59 Å². The number of carbonyl (C=O) groups excluding carboxylic acids is 2. The number of esters is 1. The maximum absolute atomic E-state index is 12.3. The summed E-state index contributed by atoms with van der Waals surface area (Å²) in [6, 6.07) is 9.56. The van der Waals surface area contributed by atoms with E-state index in [0.717, 1.165) is 37.7 Å². The SMILES string of the molecule is COC(=O)c1ccsc1NC(=O)CN1CCN(Cc2ccc(Cl)cc2)CC1. The van der Waals surface area contributed by atoms with Crippen LogP contribution >= 0.6 is 22.9 Å².